The molecule has 1 aromatic rings. The van der Waals surface area contributed by atoms with E-state index in [9.17, 15) is 8.78 Å². The average molecular weight is 201 g/mol. The van der Waals surface area contributed by atoms with Crippen LogP contribution in [0, 0.1) is 11.6 Å². The molecule has 78 valence electrons. The molecule has 1 aromatic carbocycles. The Morgan fingerprint density at radius 3 is 2.43 bits per heavy atom. The van der Waals surface area contributed by atoms with Crippen LogP contribution in [0.1, 0.15) is 24.9 Å². The number of halogens is 2. The fourth-order valence-electron chi connectivity index (χ4n) is 1.23. The van der Waals surface area contributed by atoms with Gasteiger partial charge in [-0.05, 0) is 12.5 Å². The Morgan fingerprint density at radius 1 is 1.36 bits per heavy atom. The molecule has 14 heavy (non-hydrogen) atoms. The molecule has 1 rings (SSSR count). The summed E-state index contributed by atoms with van der Waals surface area (Å²) >= 11 is 0. The minimum Gasteiger partial charge on any atom is -0.496 e. The van der Waals surface area contributed by atoms with Gasteiger partial charge in [0, 0.05) is 17.7 Å². The van der Waals surface area contributed by atoms with E-state index in [-0.39, 0.29) is 6.04 Å². The van der Waals surface area contributed by atoms with E-state index in [1.165, 1.54) is 7.11 Å². The molecule has 1 unspecified atom stereocenters. The summed E-state index contributed by atoms with van der Waals surface area (Å²) in [4.78, 5) is 0. The quantitative estimate of drug-likeness (QED) is 0.814. The second-order valence-electron chi connectivity index (χ2n) is 3.02. The van der Waals surface area contributed by atoms with E-state index in [1.54, 1.807) is 0 Å². The molecule has 0 radical (unpaired) electrons. The highest BCUT2D eigenvalue weighted by Crippen LogP contribution is 2.27. The predicted molar refractivity (Wildman–Crippen MR) is 50.1 cm³/mol. The zero-order valence-electron chi connectivity index (χ0n) is 8.18. The summed E-state index contributed by atoms with van der Waals surface area (Å²) in [6.07, 6.45) is 0.640. The second kappa shape index (κ2) is 4.37. The minimum absolute atomic E-state index is 0.290. The first-order chi connectivity index (χ1) is 6.60. The molecule has 0 aliphatic carbocycles. The van der Waals surface area contributed by atoms with Crippen molar-refractivity contribution in [3.05, 3.63) is 29.3 Å². The lowest BCUT2D eigenvalue weighted by Crippen LogP contribution is -2.11. The highest BCUT2D eigenvalue weighted by atomic mass is 19.2. The second-order valence-corrected chi connectivity index (χ2v) is 3.02. The number of ether oxygens (including phenoxy) is 1. The van der Waals surface area contributed by atoms with Crippen LogP contribution in [0.5, 0.6) is 5.75 Å². The highest BCUT2D eigenvalue weighted by Gasteiger charge is 2.14. The van der Waals surface area contributed by atoms with Gasteiger partial charge in [0.2, 0.25) is 0 Å². The SMILES string of the molecule is CCC(N)c1cc(F)c(F)cc1OC. The Labute approximate surface area is 81.7 Å². The van der Waals surface area contributed by atoms with E-state index in [0.717, 1.165) is 12.1 Å². The maximum atomic E-state index is 12.9. The average Bonchev–Trinajstić information content (AvgIpc) is 2.20. The normalized spacial score (nSPS) is 12.6. The van der Waals surface area contributed by atoms with Crippen LogP contribution in [0.15, 0.2) is 12.1 Å². The molecule has 2 nitrogen and oxygen atoms in total. The first-order valence-electron chi connectivity index (χ1n) is 4.38. The Bertz CT molecular complexity index is 328. The number of hydrogen-bond donors (Lipinski definition) is 1. The van der Waals surface area contributed by atoms with E-state index in [4.69, 9.17) is 10.5 Å². The molecule has 0 aromatic heterocycles. The molecule has 0 spiro atoms. The smallest absolute Gasteiger partial charge is 0.162 e. The zero-order valence-corrected chi connectivity index (χ0v) is 8.18. The molecule has 0 saturated carbocycles. The van der Waals surface area contributed by atoms with E-state index in [2.05, 4.69) is 0 Å². The van der Waals surface area contributed by atoms with Crippen molar-refractivity contribution in [2.45, 2.75) is 19.4 Å². The fourth-order valence-corrected chi connectivity index (χ4v) is 1.23. The highest BCUT2D eigenvalue weighted by molar-refractivity contribution is 5.37. The maximum absolute atomic E-state index is 12.9. The summed E-state index contributed by atoms with van der Waals surface area (Å²) in [6.45, 7) is 1.87. The molecule has 2 N–H and O–H groups in total. The summed E-state index contributed by atoms with van der Waals surface area (Å²) in [5.41, 5.74) is 6.21. The lowest BCUT2D eigenvalue weighted by atomic mass is 10.0. The van der Waals surface area contributed by atoms with Gasteiger partial charge >= 0.3 is 0 Å². The third-order valence-electron chi connectivity index (χ3n) is 2.11. The number of hydrogen-bond acceptors (Lipinski definition) is 2. The van der Waals surface area contributed by atoms with Crippen LogP contribution >= 0.6 is 0 Å². The van der Waals surface area contributed by atoms with E-state index in [1.807, 2.05) is 6.92 Å². The largest absolute Gasteiger partial charge is 0.496 e. The molecule has 0 bridgehead atoms. The Balaban J connectivity index is 3.19. The molecule has 0 fully saturated rings. The van der Waals surface area contributed by atoms with Crippen molar-refractivity contribution in [2.75, 3.05) is 7.11 Å². The van der Waals surface area contributed by atoms with Crippen molar-refractivity contribution >= 4 is 0 Å². The van der Waals surface area contributed by atoms with Crippen molar-refractivity contribution in [1.29, 1.82) is 0 Å². The first kappa shape index (κ1) is 10.9. The van der Waals surface area contributed by atoms with Crippen LogP contribution < -0.4 is 10.5 Å². The van der Waals surface area contributed by atoms with Crippen molar-refractivity contribution in [2.24, 2.45) is 5.73 Å². The van der Waals surface area contributed by atoms with Crippen LogP contribution in [0.25, 0.3) is 0 Å². The van der Waals surface area contributed by atoms with Gasteiger partial charge in [0.05, 0.1) is 7.11 Å². The lowest BCUT2D eigenvalue weighted by molar-refractivity contribution is 0.396. The molecule has 0 amide bonds. The molecule has 0 aliphatic heterocycles. The molecule has 0 heterocycles. The lowest BCUT2D eigenvalue weighted by Gasteiger charge is -2.14. The monoisotopic (exact) mass is 201 g/mol. The zero-order chi connectivity index (χ0) is 10.7. The Morgan fingerprint density at radius 2 is 1.93 bits per heavy atom. The molecule has 1 atom stereocenters. The maximum Gasteiger partial charge on any atom is 0.162 e. The summed E-state index contributed by atoms with van der Waals surface area (Å²) in [5.74, 6) is -1.53. The fraction of sp³-hybridized carbons (Fsp3) is 0.400. The van der Waals surface area contributed by atoms with Gasteiger partial charge in [0.1, 0.15) is 5.75 Å². The molecule has 0 aliphatic rings. The molecule has 4 heteroatoms. The summed E-state index contributed by atoms with van der Waals surface area (Å²) in [5, 5.41) is 0. The van der Waals surface area contributed by atoms with Crippen LogP contribution in [0.4, 0.5) is 8.78 Å². The Kier molecular flexibility index (Phi) is 3.41. The minimum atomic E-state index is -0.922. The van der Waals surface area contributed by atoms with Gasteiger partial charge in [0.25, 0.3) is 0 Å². The molecular formula is C10H13F2NO. The third-order valence-corrected chi connectivity index (χ3v) is 2.11. The van der Waals surface area contributed by atoms with Crippen molar-refractivity contribution in [3.8, 4) is 5.75 Å². The number of nitrogens with two attached hydrogens (primary N) is 1. The van der Waals surface area contributed by atoms with E-state index < -0.39 is 11.6 Å². The van der Waals surface area contributed by atoms with Crippen molar-refractivity contribution in [1.82, 2.24) is 0 Å². The van der Waals surface area contributed by atoms with Crippen LogP contribution in [0.3, 0.4) is 0 Å². The predicted octanol–water partition coefficient (Wildman–Crippen LogP) is 2.38. The van der Waals surface area contributed by atoms with Crippen molar-refractivity contribution < 1.29 is 13.5 Å². The van der Waals surface area contributed by atoms with Gasteiger partial charge < -0.3 is 10.5 Å². The van der Waals surface area contributed by atoms with Gasteiger partial charge in [-0.25, -0.2) is 8.78 Å². The Hall–Kier alpha value is -1.16. The van der Waals surface area contributed by atoms with Gasteiger partial charge in [-0.3, -0.25) is 0 Å². The number of methoxy groups -OCH3 is 1. The van der Waals surface area contributed by atoms with Gasteiger partial charge in [-0.2, -0.15) is 0 Å². The van der Waals surface area contributed by atoms with Gasteiger partial charge in [-0.1, -0.05) is 6.92 Å². The topological polar surface area (TPSA) is 35.2 Å². The molecular weight excluding hydrogens is 188 g/mol. The first-order valence-corrected chi connectivity index (χ1v) is 4.38. The van der Waals surface area contributed by atoms with E-state index >= 15 is 0 Å². The van der Waals surface area contributed by atoms with Crippen LogP contribution in [0.2, 0.25) is 0 Å². The summed E-state index contributed by atoms with van der Waals surface area (Å²) < 4.78 is 30.6. The standard InChI is InChI=1S/C10H13F2NO/c1-3-9(13)6-4-7(11)8(12)5-10(6)14-2/h4-5,9H,3,13H2,1-2H3. The number of rotatable bonds is 3. The van der Waals surface area contributed by atoms with Gasteiger partial charge in [0.15, 0.2) is 11.6 Å². The third kappa shape index (κ3) is 2.01. The van der Waals surface area contributed by atoms with Crippen molar-refractivity contribution in [3.63, 3.8) is 0 Å². The molecule has 0 saturated heterocycles. The van der Waals surface area contributed by atoms with E-state index in [0.29, 0.717) is 17.7 Å². The summed E-state index contributed by atoms with van der Waals surface area (Å²) in [7, 11) is 1.40. The van der Waals surface area contributed by atoms with Crippen LogP contribution in [-0.2, 0) is 0 Å². The number of benzene rings is 1. The summed E-state index contributed by atoms with van der Waals surface area (Å²) in [6, 6.07) is 1.77. The van der Waals surface area contributed by atoms with Gasteiger partial charge in [-0.15, -0.1) is 0 Å². The van der Waals surface area contributed by atoms with Crippen LogP contribution in [-0.4, -0.2) is 7.11 Å².